The molecule has 0 aromatic heterocycles. The Balaban J connectivity index is 2.54. The van der Waals surface area contributed by atoms with Crippen LogP contribution in [0.5, 0.6) is 0 Å². The van der Waals surface area contributed by atoms with Crippen LogP contribution in [0.15, 0.2) is 24.3 Å². The molecule has 4 N–H and O–H groups in total. The summed E-state index contributed by atoms with van der Waals surface area (Å²) in [5.41, 5.74) is 6.74. The van der Waals surface area contributed by atoms with Gasteiger partial charge in [0.2, 0.25) is 5.91 Å². The molecule has 0 bridgehead atoms. The Morgan fingerprint density at radius 1 is 1.25 bits per heavy atom. The fourth-order valence-corrected chi connectivity index (χ4v) is 1.76. The van der Waals surface area contributed by atoms with Gasteiger partial charge in [-0.1, -0.05) is 12.1 Å². The van der Waals surface area contributed by atoms with Crippen molar-refractivity contribution in [3.8, 4) is 0 Å². The topological polar surface area (TPSA) is 84.2 Å². The first-order valence-electron chi connectivity index (χ1n) is 6.70. The first kappa shape index (κ1) is 16.2. The molecule has 0 heterocycles. The highest BCUT2D eigenvalue weighted by atomic mass is 16.2. The number of rotatable bonds is 5. The highest BCUT2D eigenvalue weighted by molar-refractivity contribution is 5.96. The van der Waals surface area contributed by atoms with Gasteiger partial charge in [-0.05, 0) is 51.4 Å². The Labute approximate surface area is 119 Å². The first-order valence-corrected chi connectivity index (χ1v) is 6.70. The van der Waals surface area contributed by atoms with Crippen LogP contribution in [0, 0.1) is 0 Å². The van der Waals surface area contributed by atoms with Crippen LogP contribution in [0.2, 0.25) is 0 Å². The zero-order chi connectivity index (χ0) is 15.2. The lowest BCUT2D eigenvalue weighted by Crippen LogP contribution is -2.45. The van der Waals surface area contributed by atoms with Crippen molar-refractivity contribution in [1.82, 2.24) is 10.6 Å². The van der Waals surface area contributed by atoms with E-state index in [0.717, 1.165) is 12.0 Å². The summed E-state index contributed by atoms with van der Waals surface area (Å²) in [5.74, 6) is -0.461. The van der Waals surface area contributed by atoms with Gasteiger partial charge < -0.3 is 16.4 Å². The molecule has 0 radical (unpaired) electrons. The van der Waals surface area contributed by atoms with Gasteiger partial charge in [0.05, 0.1) is 6.54 Å². The lowest BCUT2D eigenvalue weighted by Gasteiger charge is -2.20. The summed E-state index contributed by atoms with van der Waals surface area (Å²) in [5, 5.41) is 5.40. The van der Waals surface area contributed by atoms with Gasteiger partial charge in [-0.3, -0.25) is 9.59 Å². The molecule has 0 aliphatic carbocycles. The van der Waals surface area contributed by atoms with Crippen molar-refractivity contribution in [2.45, 2.75) is 32.7 Å². The monoisotopic (exact) mass is 277 g/mol. The Kier molecular flexibility index (Phi) is 5.70. The summed E-state index contributed by atoms with van der Waals surface area (Å²) in [6.45, 7) is 6.19. The van der Waals surface area contributed by atoms with Crippen LogP contribution < -0.4 is 16.4 Å². The molecule has 2 amide bonds. The van der Waals surface area contributed by atoms with Crippen LogP contribution in [0.1, 0.15) is 36.7 Å². The number of amides is 2. The maximum Gasteiger partial charge on any atom is 0.251 e. The second kappa shape index (κ2) is 7.05. The number of carbonyl (C=O) groups excluding carboxylic acids is 2. The molecule has 0 saturated heterocycles. The maximum absolute atomic E-state index is 11.9. The SMILES string of the molecule is CC(C)(C)NC(=O)CNC(=O)c1cccc(CCN)c1. The van der Waals surface area contributed by atoms with E-state index in [1.165, 1.54) is 0 Å². The van der Waals surface area contributed by atoms with E-state index < -0.39 is 0 Å². The van der Waals surface area contributed by atoms with Crippen LogP contribution in [-0.2, 0) is 11.2 Å². The minimum Gasteiger partial charge on any atom is -0.350 e. The summed E-state index contributed by atoms with van der Waals surface area (Å²) < 4.78 is 0. The van der Waals surface area contributed by atoms with E-state index in [9.17, 15) is 9.59 Å². The average Bonchev–Trinajstić information content (AvgIpc) is 2.34. The van der Waals surface area contributed by atoms with Gasteiger partial charge in [-0.15, -0.1) is 0 Å². The molecule has 1 aromatic rings. The molecular weight excluding hydrogens is 254 g/mol. The molecule has 0 atom stereocenters. The summed E-state index contributed by atoms with van der Waals surface area (Å²) >= 11 is 0. The van der Waals surface area contributed by atoms with Gasteiger partial charge in [0.25, 0.3) is 5.91 Å². The van der Waals surface area contributed by atoms with Crippen molar-refractivity contribution < 1.29 is 9.59 Å². The van der Waals surface area contributed by atoms with Crippen LogP contribution in [0.4, 0.5) is 0 Å². The van der Waals surface area contributed by atoms with Crippen LogP contribution in [0.3, 0.4) is 0 Å². The molecular formula is C15H23N3O2. The molecule has 1 aromatic carbocycles. The second-order valence-electron chi connectivity index (χ2n) is 5.72. The van der Waals surface area contributed by atoms with Gasteiger partial charge in [-0.25, -0.2) is 0 Å². The third kappa shape index (κ3) is 5.84. The third-order valence-corrected chi connectivity index (χ3v) is 2.55. The lowest BCUT2D eigenvalue weighted by atomic mass is 10.1. The zero-order valence-electron chi connectivity index (χ0n) is 12.3. The van der Waals surface area contributed by atoms with Gasteiger partial charge in [0, 0.05) is 11.1 Å². The van der Waals surface area contributed by atoms with E-state index in [4.69, 9.17) is 5.73 Å². The number of hydrogen-bond donors (Lipinski definition) is 3. The Bertz CT molecular complexity index is 478. The minimum atomic E-state index is -0.303. The summed E-state index contributed by atoms with van der Waals surface area (Å²) in [6, 6.07) is 7.26. The van der Waals surface area contributed by atoms with E-state index in [1.807, 2.05) is 32.9 Å². The molecule has 0 aliphatic rings. The van der Waals surface area contributed by atoms with Gasteiger partial charge in [0.1, 0.15) is 0 Å². The predicted octanol–water partition coefficient (Wildman–Crippen LogP) is 0.832. The molecule has 1 rings (SSSR count). The number of nitrogens with two attached hydrogens (primary N) is 1. The van der Waals surface area contributed by atoms with Crippen molar-refractivity contribution >= 4 is 11.8 Å². The van der Waals surface area contributed by atoms with Crippen molar-refractivity contribution in [3.63, 3.8) is 0 Å². The molecule has 0 spiro atoms. The van der Waals surface area contributed by atoms with Crippen molar-refractivity contribution in [3.05, 3.63) is 35.4 Å². The largest absolute Gasteiger partial charge is 0.350 e. The number of hydrogen-bond acceptors (Lipinski definition) is 3. The van der Waals surface area contributed by atoms with Crippen LogP contribution in [0.25, 0.3) is 0 Å². The highest BCUT2D eigenvalue weighted by Gasteiger charge is 2.14. The van der Waals surface area contributed by atoms with Crippen molar-refractivity contribution in [2.75, 3.05) is 13.1 Å². The van der Waals surface area contributed by atoms with E-state index >= 15 is 0 Å². The Morgan fingerprint density at radius 3 is 2.55 bits per heavy atom. The standard InChI is InChI=1S/C15H23N3O2/c1-15(2,3)18-13(19)10-17-14(20)12-6-4-5-11(9-12)7-8-16/h4-6,9H,7-8,10,16H2,1-3H3,(H,17,20)(H,18,19). The second-order valence-corrected chi connectivity index (χ2v) is 5.72. The normalized spacial score (nSPS) is 11.0. The van der Waals surface area contributed by atoms with Crippen LogP contribution in [-0.4, -0.2) is 30.4 Å². The number of carbonyl (C=O) groups is 2. The van der Waals surface area contributed by atoms with Gasteiger partial charge in [-0.2, -0.15) is 0 Å². The Morgan fingerprint density at radius 2 is 1.95 bits per heavy atom. The quantitative estimate of drug-likeness (QED) is 0.745. The number of benzene rings is 1. The van der Waals surface area contributed by atoms with Crippen molar-refractivity contribution in [2.24, 2.45) is 5.73 Å². The molecule has 5 heteroatoms. The van der Waals surface area contributed by atoms with E-state index in [-0.39, 0.29) is 23.9 Å². The summed E-state index contributed by atoms with van der Waals surface area (Å²) in [4.78, 5) is 23.6. The van der Waals surface area contributed by atoms with Gasteiger partial charge >= 0.3 is 0 Å². The first-order chi connectivity index (χ1) is 9.31. The van der Waals surface area contributed by atoms with E-state index in [1.54, 1.807) is 12.1 Å². The molecule has 110 valence electrons. The van der Waals surface area contributed by atoms with E-state index in [2.05, 4.69) is 10.6 Å². The predicted molar refractivity (Wildman–Crippen MR) is 79.4 cm³/mol. The molecule has 0 aliphatic heterocycles. The van der Waals surface area contributed by atoms with Crippen LogP contribution >= 0.6 is 0 Å². The average molecular weight is 277 g/mol. The highest BCUT2D eigenvalue weighted by Crippen LogP contribution is 2.05. The molecule has 5 nitrogen and oxygen atoms in total. The van der Waals surface area contributed by atoms with Crippen molar-refractivity contribution in [1.29, 1.82) is 0 Å². The fourth-order valence-electron chi connectivity index (χ4n) is 1.76. The molecule has 0 unspecified atom stereocenters. The lowest BCUT2D eigenvalue weighted by molar-refractivity contribution is -0.121. The summed E-state index contributed by atoms with van der Waals surface area (Å²) in [6.07, 6.45) is 0.728. The molecule has 0 fully saturated rings. The molecule has 0 saturated carbocycles. The maximum atomic E-state index is 11.9. The van der Waals surface area contributed by atoms with E-state index in [0.29, 0.717) is 12.1 Å². The number of nitrogens with one attached hydrogen (secondary N) is 2. The summed E-state index contributed by atoms with van der Waals surface area (Å²) in [7, 11) is 0. The zero-order valence-corrected chi connectivity index (χ0v) is 12.3. The molecule has 20 heavy (non-hydrogen) atoms. The smallest absolute Gasteiger partial charge is 0.251 e. The fraction of sp³-hybridized carbons (Fsp3) is 0.467. The minimum absolute atomic E-state index is 0.0305. The Hall–Kier alpha value is -1.88. The third-order valence-electron chi connectivity index (χ3n) is 2.55. The van der Waals surface area contributed by atoms with Gasteiger partial charge in [0.15, 0.2) is 0 Å².